The molecule has 1 aliphatic rings. The third-order valence-electron chi connectivity index (χ3n) is 4.94. The molecule has 0 amide bonds. The first-order valence-corrected chi connectivity index (χ1v) is 9.39. The third kappa shape index (κ3) is 5.47. The number of ether oxygens (including phenoxy) is 1. The Balaban J connectivity index is 1.69. The number of nitro groups is 1. The molecule has 0 aromatic carbocycles. The number of hydrogen-bond donors (Lipinski definition) is 3. The van der Waals surface area contributed by atoms with Gasteiger partial charge in [-0.15, -0.1) is 0 Å². The number of aromatic nitrogens is 3. The predicted molar refractivity (Wildman–Crippen MR) is 105 cm³/mol. The Bertz CT molecular complexity index is 859. The zero-order valence-corrected chi connectivity index (χ0v) is 16.1. The van der Waals surface area contributed by atoms with Gasteiger partial charge in [-0.3, -0.25) is 10.1 Å². The normalized spacial score (nSPS) is 18.9. The number of nitrogens with two attached hydrogens (primary N) is 1. The summed E-state index contributed by atoms with van der Waals surface area (Å²) >= 11 is 0. The van der Waals surface area contributed by atoms with Crippen molar-refractivity contribution in [2.45, 2.75) is 38.3 Å². The average molecular weight is 405 g/mol. The summed E-state index contributed by atoms with van der Waals surface area (Å²) in [5.41, 5.74) is 6.20. The summed E-state index contributed by atoms with van der Waals surface area (Å²) in [6.45, 7) is 0.720. The minimum atomic E-state index is -0.525. The van der Waals surface area contributed by atoms with E-state index in [4.69, 9.17) is 10.5 Å². The molecule has 0 atom stereocenters. The van der Waals surface area contributed by atoms with Gasteiger partial charge in [-0.2, -0.15) is 4.98 Å². The standard InChI is InChI=1S/C18H24FN7O3/c1-29-17-12(6-13(19)9-22-17)8-23-18-24-10-15(26(27)28)16(25-18)21-7-11-2-4-14(20)5-3-11/h6,9-11,14H,2-5,7-8,20H2,1H3,(H2,21,23,24,25). The number of halogens is 1. The van der Waals surface area contributed by atoms with Crippen LogP contribution in [0.1, 0.15) is 31.2 Å². The first-order chi connectivity index (χ1) is 14.0. The van der Waals surface area contributed by atoms with E-state index in [9.17, 15) is 14.5 Å². The van der Waals surface area contributed by atoms with Gasteiger partial charge in [0.2, 0.25) is 17.6 Å². The monoisotopic (exact) mass is 405 g/mol. The van der Waals surface area contributed by atoms with Crippen molar-refractivity contribution in [3.8, 4) is 5.88 Å². The fourth-order valence-electron chi connectivity index (χ4n) is 3.31. The highest BCUT2D eigenvalue weighted by molar-refractivity contribution is 5.57. The van der Waals surface area contributed by atoms with Crippen molar-refractivity contribution in [2.24, 2.45) is 11.7 Å². The summed E-state index contributed by atoms with van der Waals surface area (Å²) in [6, 6.07) is 1.53. The van der Waals surface area contributed by atoms with Crippen LogP contribution in [-0.4, -0.2) is 39.6 Å². The molecule has 0 radical (unpaired) electrons. The van der Waals surface area contributed by atoms with Crippen molar-refractivity contribution in [2.75, 3.05) is 24.3 Å². The summed E-state index contributed by atoms with van der Waals surface area (Å²) in [7, 11) is 1.44. The second-order valence-electron chi connectivity index (χ2n) is 7.02. The van der Waals surface area contributed by atoms with Crippen LogP contribution in [-0.2, 0) is 6.54 Å². The van der Waals surface area contributed by atoms with Gasteiger partial charge in [0.15, 0.2) is 0 Å². The van der Waals surface area contributed by atoms with Crippen molar-refractivity contribution < 1.29 is 14.1 Å². The minimum Gasteiger partial charge on any atom is -0.481 e. The summed E-state index contributed by atoms with van der Waals surface area (Å²) in [5, 5.41) is 17.3. The maximum atomic E-state index is 13.4. The zero-order valence-electron chi connectivity index (χ0n) is 16.1. The Hall–Kier alpha value is -3.08. The maximum absolute atomic E-state index is 13.4. The lowest BCUT2D eigenvalue weighted by Crippen LogP contribution is -2.29. The molecular formula is C18H24FN7O3. The van der Waals surface area contributed by atoms with E-state index in [0.717, 1.165) is 38.1 Å². The van der Waals surface area contributed by atoms with E-state index in [-0.39, 0.29) is 35.9 Å². The number of rotatable bonds is 8. The van der Waals surface area contributed by atoms with E-state index in [1.807, 2.05) is 0 Å². The fraction of sp³-hybridized carbons (Fsp3) is 0.500. The van der Waals surface area contributed by atoms with Gasteiger partial charge < -0.3 is 21.1 Å². The van der Waals surface area contributed by atoms with Gasteiger partial charge in [0.05, 0.1) is 18.2 Å². The Morgan fingerprint density at radius 1 is 1.28 bits per heavy atom. The van der Waals surface area contributed by atoms with Gasteiger partial charge in [-0.1, -0.05) is 0 Å². The Kier molecular flexibility index (Phi) is 6.70. The van der Waals surface area contributed by atoms with Crippen LogP contribution < -0.4 is 21.1 Å². The second kappa shape index (κ2) is 9.41. The topological polar surface area (TPSA) is 141 Å². The number of pyridine rings is 1. The van der Waals surface area contributed by atoms with Gasteiger partial charge in [0.1, 0.15) is 12.0 Å². The van der Waals surface area contributed by atoms with Gasteiger partial charge in [0, 0.05) is 24.7 Å². The molecular weight excluding hydrogens is 381 g/mol. The molecule has 3 rings (SSSR count). The average Bonchev–Trinajstić information content (AvgIpc) is 2.72. The van der Waals surface area contributed by atoms with Crippen molar-refractivity contribution >= 4 is 17.5 Å². The van der Waals surface area contributed by atoms with Crippen LogP contribution in [0.25, 0.3) is 0 Å². The molecule has 0 aliphatic heterocycles. The molecule has 2 heterocycles. The molecule has 1 fully saturated rings. The van der Waals surface area contributed by atoms with Crippen LogP contribution in [0.4, 0.5) is 21.8 Å². The molecule has 2 aromatic heterocycles. The zero-order chi connectivity index (χ0) is 20.8. The van der Waals surface area contributed by atoms with Crippen molar-refractivity contribution in [3.63, 3.8) is 0 Å². The van der Waals surface area contributed by atoms with Crippen LogP contribution in [0.15, 0.2) is 18.5 Å². The first kappa shape index (κ1) is 20.6. The molecule has 2 aromatic rings. The van der Waals surface area contributed by atoms with Crippen molar-refractivity contribution in [1.82, 2.24) is 15.0 Å². The van der Waals surface area contributed by atoms with Crippen LogP contribution in [0.5, 0.6) is 5.88 Å². The molecule has 10 nitrogen and oxygen atoms in total. The second-order valence-corrected chi connectivity index (χ2v) is 7.02. The highest BCUT2D eigenvalue weighted by Gasteiger charge is 2.22. The lowest BCUT2D eigenvalue weighted by atomic mass is 9.86. The molecule has 1 aliphatic carbocycles. The highest BCUT2D eigenvalue weighted by atomic mass is 19.1. The van der Waals surface area contributed by atoms with Gasteiger partial charge >= 0.3 is 5.69 Å². The maximum Gasteiger partial charge on any atom is 0.329 e. The van der Waals surface area contributed by atoms with Gasteiger partial charge in [-0.05, 0) is 37.7 Å². The molecule has 0 bridgehead atoms. The number of nitrogens with one attached hydrogen (secondary N) is 2. The van der Waals surface area contributed by atoms with E-state index in [2.05, 4.69) is 25.6 Å². The molecule has 156 valence electrons. The summed E-state index contributed by atoms with van der Waals surface area (Å²) in [5.74, 6) is 0.488. The van der Waals surface area contributed by atoms with Crippen LogP contribution in [0.3, 0.4) is 0 Å². The van der Waals surface area contributed by atoms with Crippen molar-refractivity contribution in [1.29, 1.82) is 0 Å². The molecule has 0 unspecified atom stereocenters. The molecule has 11 heteroatoms. The van der Waals surface area contributed by atoms with Crippen LogP contribution >= 0.6 is 0 Å². The summed E-state index contributed by atoms with van der Waals surface area (Å²) in [4.78, 5) is 22.9. The quantitative estimate of drug-likeness (QED) is 0.446. The van der Waals surface area contributed by atoms with E-state index in [0.29, 0.717) is 18.0 Å². The smallest absolute Gasteiger partial charge is 0.329 e. The lowest BCUT2D eigenvalue weighted by Gasteiger charge is -2.26. The van der Waals surface area contributed by atoms with Crippen LogP contribution in [0.2, 0.25) is 0 Å². The number of anilines is 2. The summed E-state index contributed by atoms with van der Waals surface area (Å²) < 4.78 is 18.6. The molecule has 4 N–H and O–H groups in total. The van der Waals surface area contributed by atoms with E-state index in [1.54, 1.807) is 0 Å². The highest BCUT2D eigenvalue weighted by Crippen LogP contribution is 2.27. The van der Waals surface area contributed by atoms with Crippen molar-refractivity contribution in [3.05, 3.63) is 40.0 Å². The Morgan fingerprint density at radius 3 is 2.72 bits per heavy atom. The molecule has 1 saturated carbocycles. The lowest BCUT2D eigenvalue weighted by molar-refractivity contribution is -0.384. The third-order valence-corrected chi connectivity index (χ3v) is 4.94. The SMILES string of the molecule is COc1ncc(F)cc1CNc1ncc([N+](=O)[O-])c(NCC2CCC(N)CC2)n1. The van der Waals surface area contributed by atoms with Crippen LogP contribution in [0, 0.1) is 21.8 Å². The van der Waals surface area contributed by atoms with E-state index in [1.165, 1.54) is 13.2 Å². The number of methoxy groups -OCH3 is 1. The fourth-order valence-corrected chi connectivity index (χ4v) is 3.31. The number of hydrogen-bond acceptors (Lipinski definition) is 9. The Morgan fingerprint density at radius 2 is 2.03 bits per heavy atom. The first-order valence-electron chi connectivity index (χ1n) is 9.39. The minimum absolute atomic E-state index is 0.145. The largest absolute Gasteiger partial charge is 0.481 e. The Labute approximate surface area is 167 Å². The van der Waals surface area contributed by atoms with E-state index < -0.39 is 10.7 Å². The van der Waals surface area contributed by atoms with E-state index >= 15 is 0 Å². The molecule has 0 saturated heterocycles. The molecule has 0 spiro atoms. The number of nitrogens with zero attached hydrogens (tertiary/aromatic N) is 4. The van der Waals surface area contributed by atoms with Gasteiger partial charge in [-0.25, -0.2) is 14.4 Å². The summed E-state index contributed by atoms with van der Waals surface area (Å²) in [6.07, 6.45) is 6.07. The van der Waals surface area contributed by atoms with Gasteiger partial charge in [0.25, 0.3) is 0 Å². The predicted octanol–water partition coefficient (Wildman–Crippen LogP) is 2.47. The molecule has 29 heavy (non-hydrogen) atoms.